The molecule has 1 aromatic carbocycles. The van der Waals surface area contributed by atoms with Gasteiger partial charge in [0, 0.05) is 44.6 Å². The molecule has 1 fully saturated rings. The second kappa shape index (κ2) is 6.86. The molecule has 6 nitrogen and oxygen atoms in total. The van der Waals surface area contributed by atoms with Crippen LogP contribution in [0.25, 0.3) is 10.2 Å². The van der Waals surface area contributed by atoms with E-state index in [0.29, 0.717) is 10.9 Å². The number of fused-ring (bicyclic) bond motifs is 1. The van der Waals surface area contributed by atoms with Crippen molar-refractivity contribution >= 4 is 36.6 Å². The topological polar surface area (TPSA) is 62.2 Å². The second-order valence-corrected chi connectivity index (χ2v) is 14.6. The SMILES string of the molecule is CC(c1ccc2scnc2c1)N1CCN(c2ncc(S(C)(C)(C)=O)cn2)CC1. The molecule has 28 heavy (non-hydrogen) atoms. The van der Waals surface area contributed by atoms with Gasteiger partial charge in [-0.15, -0.1) is 11.3 Å². The van der Waals surface area contributed by atoms with Crippen LogP contribution in [0.4, 0.5) is 5.95 Å². The lowest BCUT2D eigenvalue weighted by molar-refractivity contribution is 0.198. The van der Waals surface area contributed by atoms with Gasteiger partial charge in [-0.1, -0.05) is 15.1 Å². The molecule has 1 unspecified atom stereocenters. The Kier molecular flexibility index (Phi) is 4.76. The van der Waals surface area contributed by atoms with Crippen LogP contribution >= 0.6 is 11.3 Å². The van der Waals surface area contributed by atoms with Gasteiger partial charge >= 0.3 is 0 Å². The molecule has 0 spiro atoms. The summed E-state index contributed by atoms with van der Waals surface area (Å²) >= 11 is 1.68. The highest BCUT2D eigenvalue weighted by molar-refractivity contribution is 8.18. The van der Waals surface area contributed by atoms with Crippen molar-refractivity contribution in [2.24, 2.45) is 0 Å². The van der Waals surface area contributed by atoms with E-state index in [1.807, 2.05) is 5.51 Å². The van der Waals surface area contributed by atoms with E-state index < -0.39 is 9.07 Å². The van der Waals surface area contributed by atoms with E-state index in [0.717, 1.165) is 37.6 Å². The minimum Gasteiger partial charge on any atom is -0.338 e. The van der Waals surface area contributed by atoms with Crippen LogP contribution in [0.1, 0.15) is 18.5 Å². The van der Waals surface area contributed by atoms with Crippen LogP contribution < -0.4 is 4.90 Å². The molecular weight excluding hydrogens is 390 g/mol. The number of benzene rings is 1. The first-order valence-electron chi connectivity index (χ1n) is 9.41. The summed E-state index contributed by atoms with van der Waals surface area (Å²) in [5.41, 5.74) is 4.29. The Morgan fingerprint density at radius 1 is 1.04 bits per heavy atom. The lowest BCUT2D eigenvalue weighted by atomic mass is 10.1. The summed E-state index contributed by atoms with van der Waals surface area (Å²) < 4.78 is 13.9. The molecule has 4 rings (SSSR count). The van der Waals surface area contributed by atoms with Crippen LogP contribution in [0.3, 0.4) is 0 Å². The highest BCUT2D eigenvalue weighted by Crippen LogP contribution is 2.28. The quantitative estimate of drug-likeness (QED) is 0.650. The molecule has 0 saturated carbocycles. The van der Waals surface area contributed by atoms with E-state index in [9.17, 15) is 4.21 Å². The van der Waals surface area contributed by atoms with Crippen molar-refractivity contribution in [3.05, 3.63) is 41.7 Å². The van der Waals surface area contributed by atoms with Crippen LogP contribution in [-0.4, -0.2) is 69.0 Å². The van der Waals surface area contributed by atoms with Gasteiger partial charge in [-0.2, -0.15) is 0 Å². The molecule has 0 bridgehead atoms. The summed E-state index contributed by atoms with van der Waals surface area (Å²) in [6.07, 6.45) is 8.72. The lowest BCUT2D eigenvalue weighted by Crippen LogP contribution is -2.47. The van der Waals surface area contributed by atoms with Gasteiger partial charge in [0.05, 0.1) is 20.6 Å². The van der Waals surface area contributed by atoms with E-state index in [2.05, 4.69) is 49.9 Å². The smallest absolute Gasteiger partial charge is 0.225 e. The van der Waals surface area contributed by atoms with E-state index in [1.165, 1.54) is 10.3 Å². The summed E-state index contributed by atoms with van der Waals surface area (Å²) in [6, 6.07) is 6.94. The predicted molar refractivity (Wildman–Crippen MR) is 118 cm³/mol. The second-order valence-electron chi connectivity index (χ2n) is 8.42. The number of rotatable bonds is 4. The molecule has 1 saturated heterocycles. The molecule has 1 atom stereocenters. The van der Waals surface area contributed by atoms with Gasteiger partial charge < -0.3 is 4.90 Å². The lowest BCUT2D eigenvalue weighted by Gasteiger charge is -2.38. The third-order valence-electron chi connectivity index (χ3n) is 5.40. The zero-order valence-corrected chi connectivity index (χ0v) is 18.5. The Morgan fingerprint density at radius 3 is 2.36 bits per heavy atom. The Hall–Kier alpha value is -1.90. The van der Waals surface area contributed by atoms with Crippen molar-refractivity contribution in [2.45, 2.75) is 17.9 Å². The number of anilines is 1. The number of aromatic nitrogens is 3. The van der Waals surface area contributed by atoms with Gasteiger partial charge in [-0.05, 0) is 43.4 Å². The molecule has 0 N–H and O–H groups in total. The molecule has 8 heteroatoms. The van der Waals surface area contributed by atoms with Crippen LogP contribution in [0, 0.1) is 0 Å². The number of hydrogen-bond acceptors (Lipinski definition) is 7. The zero-order chi connectivity index (χ0) is 20.0. The molecule has 3 aromatic rings. The fraction of sp³-hybridized carbons (Fsp3) is 0.450. The minimum absolute atomic E-state index is 0.349. The molecule has 3 heterocycles. The molecule has 0 radical (unpaired) electrons. The van der Waals surface area contributed by atoms with E-state index in [1.54, 1.807) is 42.5 Å². The van der Waals surface area contributed by atoms with Gasteiger partial charge in [0.25, 0.3) is 0 Å². The summed E-state index contributed by atoms with van der Waals surface area (Å²) in [4.78, 5) is 18.8. The molecule has 0 amide bonds. The summed E-state index contributed by atoms with van der Waals surface area (Å²) in [5, 5.41) is 0. The monoisotopic (exact) mass is 417 g/mol. The van der Waals surface area contributed by atoms with Gasteiger partial charge in [0.2, 0.25) is 5.95 Å². The number of piperazine rings is 1. The summed E-state index contributed by atoms with van der Waals surface area (Å²) in [6.45, 7) is 5.93. The fourth-order valence-electron chi connectivity index (χ4n) is 3.49. The number of hydrogen-bond donors (Lipinski definition) is 0. The van der Waals surface area contributed by atoms with Crippen LogP contribution in [0.5, 0.6) is 0 Å². The molecule has 150 valence electrons. The van der Waals surface area contributed by atoms with Gasteiger partial charge in [-0.3, -0.25) is 9.11 Å². The normalized spacial score (nSPS) is 18.7. The van der Waals surface area contributed by atoms with Crippen molar-refractivity contribution in [2.75, 3.05) is 49.8 Å². The van der Waals surface area contributed by atoms with Gasteiger partial charge in [0.1, 0.15) is 0 Å². The summed E-state index contributed by atoms with van der Waals surface area (Å²) in [5.74, 6) is 0.719. The maximum absolute atomic E-state index is 12.7. The summed E-state index contributed by atoms with van der Waals surface area (Å²) in [7, 11) is -2.81. The molecule has 2 aromatic heterocycles. The van der Waals surface area contributed by atoms with Crippen LogP contribution in [-0.2, 0) is 9.07 Å². The van der Waals surface area contributed by atoms with E-state index in [-0.39, 0.29) is 0 Å². The average Bonchev–Trinajstić information content (AvgIpc) is 3.14. The fourth-order valence-corrected chi connectivity index (χ4v) is 4.97. The van der Waals surface area contributed by atoms with Crippen LogP contribution in [0.15, 0.2) is 41.0 Å². The number of thiazole rings is 1. The van der Waals surface area contributed by atoms with Crippen molar-refractivity contribution in [3.63, 3.8) is 0 Å². The van der Waals surface area contributed by atoms with Crippen molar-refractivity contribution < 1.29 is 4.21 Å². The van der Waals surface area contributed by atoms with E-state index in [4.69, 9.17) is 0 Å². The first-order valence-corrected chi connectivity index (χ1v) is 13.5. The largest absolute Gasteiger partial charge is 0.338 e. The third kappa shape index (κ3) is 3.94. The Labute approximate surface area is 170 Å². The van der Waals surface area contributed by atoms with Gasteiger partial charge in [-0.25, -0.2) is 15.0 Å². The predicted octanol–water partition coefficient (Wildman–Crippen LogP) is 3.04. The molecular formula is C20H27N5OS2. The minimum atomic E-state index is -2.81. The standard InChI is InChI=1S/C20H27N5OS2/c1-15(16-5-6-19-18(11-16)23-14-27-19)24-7-9-25(10-8-24)20-21-12-17(13-22-20)28(2,3,4)26/h5-6,11-15H,7-10H2,1-4H3. The maximum Gasteiger partial charge on any atom is 0.225 e. The number of nitrogens with zero attached hydrogens (tertiary/aromatic N) is 5. The molecule has 1 aliphatic heterocycles. The van der Waals surface area contributed by atoms with Crippen LogP contribution in [0.2, 0.25) is 0 Å². The first-order chi connectivity index (χ1) is 13.2. The highest BCUT2D eigenvalue weighted by Gasteiger charge is 2.25. The Bertz CT molecular complexity index is 1040. The molecule has 0 aliphatic carbocycles. The van der Waals surface area contributed by atoms with Crippen molar-refractivity contribution in [3.8, 4) is 0 Å². The third-order valence-corrected chi connectivity index (χ3v) is 8.03. The maximum atomic E-state index is 12.7. The van der Waals surface area contributed by atoms with Crippen molar-refractivity contribution in [1.82, 2.24) is 19.9 Å². The van der Waals surface area contributed by atoms with Gasteiger partial charge in [0.15, 0.2) is 0 Å². The highest BCUT2D eigenvalue weighted by atomic mass is 32.3. The first kappa shape index (κ1) is 19.4. The Balaban J connectivity index is 1.42. The van der Waals surface area contributed by atoms with Crippen molar-refractivity contribution in [1.29, 1.82) is 0 Å². The average molecular weight is 418 g/mol. The molecule has 1 aliphatic rings. The zero-order valence-electron chi connectivity index (χ0n) is 16.8. The van der Waals surface area contributed by atoms with E-state index >= 15 is 0 Å². The Morgan fingerprint density at radius 2 is 1.71 bits per heavy atom.